The van der Waals surface area contributed by atoms with E-state index < -0.39 is 28.0 Å². The number of phenols is 1. The Balaban J connectivity index is 3.50. The third-order valence-corrected chi connectivity index (χ3v) is 2.08. The molecule has 1 aromatic carbocycles. The Morgan fingerprint density at radius 2 is 2.25 bits per heavy atom. The second-order valence-corrected chi connectivity index (χ2v) is 3.08. The van der Waals surface area contributed by atoms with E-state index in [1.165, 1.54) is 0 Å². The average Bonchev–Trinajstić information content (AvgIpc) is 2.28. The molecule has 0 atom stereocenters. The van der Waals surface area contributed by atoms with Gasteiger partial charge in [0, 0.05) is 6.07 Å². The van der Waals surface area contributed by atoms with Crippen molar-refractivity contribution >= 4 is 23.1 Å². The van der Waals surface area contributed by atoms with Gasteiger partial charge in [0.2, 0.25) is 5.75 Å². The van der Waals surface area contributed by atoms with Crippen LogP contribution in [0.25, 0.3) is 0 Å². The first-order valence-electron chi connectivity index (χ1n) is 4.02. The van der Waals surface area contributed by atoms with Gasteiger partial charge in [0.05, 0.1) is 28.0 Å². The Hall–Kier alpha value is -2.13. The number of hydrogen-bond donors (Lipinski definition) is 1. The molecule has 7 heteroatoms. The van der Waals surface area contributed by atoms with Gasteiger partial charge in [0.25, 0.3) is 0 Å². The summed E-state index contributed by atoms with van der Waals surface area (Å²) in [6.07, 6.45) is 0. The van der Waals surface area contributed by atoms with E-state index >= 15 is 0 Å². The summed E-state index contributed by atoms with van der Waals surface area (Å²) in [4.78, 5) is 20.9. The fraction of sp³-hybridized carbons (Fsp3) is 0.111. The maximum Gasteiger partial charge on any atom is 0.312 e. The van der Waals surface area contributed by atoms with Crippen LogP contribution < -0.4 is 0 Å². The Kier molecular flexibility index (Phi) is 3.43. The van der Waals surface area contributed by atoms with E-state index in [-0.39, 0.29) is 11.1 Å². The van der Waals surface area contributed by atoms with Crippen molar-refractivity contribution in [2.75, 3.05) is 5.88 Å². The van der Waals surface area contributed by atoms with E-state index in [0.29, 0.717) is 0 Å². The molecule has 0 radical (unpaired) electrons. The number of alkyl halides is 1. The average molecular weight is 241 g/mol. The molecule has 0 fully saturated rings. The molecule has 0 spiro atoms. The van der Waals surface area contributed by atoms with Crippen molar-refractivity contribution in [3.05, 3.63) is 33.4 Å². The van der Waals surface area contributed by atoms with E-state index in [0.717, 1.165) is 12.1 Å². The zero-order valence-electron chi connectivity index (χ0n) is 7.81. The van der Waals surface area contributed by atoms with Gasteiger partial charge in [-0.3, -0.25) is 14.9 Å². The number of nitro benzene ring substituents is 1. The van der Waals surface area contributed by atoms with Crippen molar-refractivity contribution in [1.29, 1.82) is 5.26 Å². The molecule has 0 aliphatic heterocycles. The lowest BCUT2D eigenvalue weighted by Crippen LogP contribution is -2.03. The first kappa shape index (κ1) is 11.9. The molecule has 0 saturated heterocycles. The van der Waals surface area contributed by atoms with Gasteiger partial charge in [-0.05, 0) is 6.07 Å². The smallest absolute Gasteiger partial charge is 0.312 e. The first-order chi connectivity index (χ1) is 7.51. The number of Topliss-reactive ketones (excluding diaryl/α,β-unsaturated/α-hetero) is 1. The maximum absolute atomic E-state index is 11.3. The van der Waals surface area contributed by atoms with Gasteiger partial charge < -0.3 is 5.11 Å². The molecule has 0 aliphatic rings. The topological polar surface area (TPSA) is 104 Å². The van der Waals surface area contributed by atoms with Crippen LogP contribution in [0.3, 0.4) is 0 Å². The van der Waals surface area contributed by atoms with Crippen molar-refractivity contribution < 1.29 is 14.8 Å². The largest absolute Gasteiger partial charge is 0.502 e. The Labute approximate surface area is 94.8 Å². The number of ketones is 1. The number of nitrogens with zero attached hydrogens (tertiary/aromatic N) is 2. The van der Waals surface area contributed by atoms with Gasteiger partial charge >= 0.3 is 5.69 Å². The van der Waals surface area contributed by atoms with Crippen molar-refractivity contribution in [3.8, 4) is 11.8 Å². The third kappa shape index (κ3) is 2.10. The summed E-state index contributed by atoms with van der Waals surface area (Å²) in [5.74, 6) is -1.88. The number of nitriles is 1. The van der Waals surface area contributed by atoms with Crippen LogP contribution in [0.5, 0.6) is 5.75 Å². The predicted octanol–water partition coefficient (Wildman–Crippen LogP) is 1.59. The highest BCUT2D eigenvalue weighted by Crippen LogP contribution is 2.31. The highest BCUT2D eigenvalue weighted by atomic mass is 35.5. The van der Waals surface area contributed by atoms with Crippen LogP contribution in [-0.2, 0) is 0 Å². The van der Waals surface area contributed by atoms with Crippen LogP contribution in [0.4, 0.5) is 5.69 Å². The molecule has 82 valence electrons. The summed E-state index contributed by atoms with van der Waals surface area (Å²) in [6.45, 7) is 0. The predicted molar refractivity (Wildman–Crippen MR) is 54.5 cm³/mol. The minimum absolute atomic E-state index is 0.0852. The normalized spacial score (nSPS) is 9.50. The van der Waals surface area contributed by atoms with Gasteiger partial charge in [-0.15, -0.1) is 11.6 Å². The molecule has 1 rings (SSSR count). The van der Waals surface area contributed by atoms with Crippen molar-refractivity contribution in [2.24, 2.45) is 0 Å². The minimum atomic E-state index is -0.874. The van der Waals surface area contributed by atoms with Gasteiger partial charge in [0.15, 0.2) is 5.78 Å². The molecule has 0 aliphatic carbocycles. The van der Waals surface area contributed by atoms with Gasteiger partial charge in [0.1, 0.15) is 0 Å². The Bertz CT molecular complexity index is 507. The molecular formula is C9H5ClN2O4. The third-order valence-electron chi connectivity index (χ3n) is 1.84. The van der Waals surface area contributed by atoms with E-state index in [1.54, 1.807) is 6.07 Å². The first-order valence-corrected chi connectivity index (χ1v) is 4.55. The standard InChI is InChI=1S/C9H5ClN2O4/c10-3-8(13)6-1-5(4-11)2-7(9(6)14)12(15)16/h1-2,14H,3H2. The maximum atomic E-state index is 11.3. The quantitative estimate of drug-likeness (QED) is 0.374. The SMILES string of the molecule is N#Cc1cc(C(=O)CCl)c(O)c([N+](=O)[O-])c1. The van der Waals surface area contributed by atoms with Crippen molar-refractivity contribution in [2.45, 2.75) is 0 Å². The monoisotopic (exact) mass is 240 g/mol. The zero-order valence-corrected chi connectivity index (χ0v) is 8.56. The molecule has 0 amide bonds. The summed E-state index contributed by atoms with van der Waals surface area (Å²) < 4.78 is 0. The molecule has 0 aromatic heterocycles. The lowest BCUT2D eigenvalue weighted by Gasteiger charge is -2.02. The number of rotatable bonds is 3. The van der Waals surface area contributed by atoms with Crippen LogP contribution in [-0.4, -0.2) is 21.7 Å². The summed E-state index contributed by atoms with van der Waals surface area (Å²) in [6, 6.07) is 3.61. The number of nitro groups is 1. The molecule has 0 saturated carbocycles. The van der Waals surface area contributed by atoms with Gasteiger partial charge in [-0.2, -0.15) is 5.26 Å². The van der Waals surface area contributed by atoms with Crippen LogP contribution in [0, 0.1) is 21.4 Å². The number of halogens is 1. The number of phenolic OH excluding ortho intramolecular Hbond substituents is 1. The molecular weight excluding hydrogens is 236 g/mol. The number of carbonyl (C=O) groups is 1. The van der Waals surface area contributed by atoms with E-state index in [2.05, 4.69) is 0 Å². The molecule has 16 heavy (non-hydrogen) atoms. The fourth-order valence-corrected chi connectivity index (χ4v) is 1.25. The molecule has 1 N–H and O–H groups in total. The number of carbonyl (C=O) groups excluding carboxylic acids is 1. The molecule has 1 aromatic rings. The number of aromatic hydroxyl groups is 1. The van der Waals surface area contributed by atoms with Crippen LogP contribution in [0.15, 0.2) is 12.1 Å². The minimum Gasteiger partial charge on any atom is -0.502 e. The van der Waals surface area contributed by atoms with Crippen LogP contribution in [0.1, 0.15) is 15.9 Å². The van der Waals surface area contributed by atoms with E-state index in [4.69, 9.17) is 16.9 Å². The van der Waals surface area contributed by atoms with Gasteiger partial charge in [-0.25, -0.2) is 0 Å². The highest BCUT2D eigenvalue weighted by molar-refractivity contribution is 6.31. The van der Waals surface area contributed by atoms with Crippen LogP contribution >= 0.6 is 11.6 Å². The summed E-state index contributed by atoms with van der Waals surface area (Å²) in [7, 11) is 0. The summed E-state index contributed by atoms with van der Waals surface area (Å²) in [5.41, 5.74) is -1.09. The summed E-state index contributed by atoms with van der Waals surface area (Å²) >= 11 is 5.27. The number of benzene rings is 1. The highest BCUT2D eigenvalue weighted by Gasteiger charge is 2.22. The summed E-state index contributed by atoms with van der Waals surface area (Å²) in [5, 5.41) is 28.6. The van der Waals surface area contributed by atoms with Crippen molar-refractivity contribution in [3.63, 3.8) is 0 Å². The fourth-order valence-electron chi connectivity index (χ4n) is 1.11. The van der Waals surface area contributed by atoms with Crippen molar-refractivity contribution in [1.82, 2.24) is 0 Å². The van der Waals surface area contributed by atoms with Crippen LogP contribution in [0.2, 0.25) is 0 Å². The molecule has 6 nitrogen and oxygen atoms in total. The lowest BCUT2D eigenvalue weighted by molar-refractivity contribution is -0.385. The second-order valence-electron chi connectivity index (χ2n) is 2.82. The number of hydrogen-bond acceptors (Lipinski definition) is 5. The molecule has 0 heterocycles. The van der Waals surface area contributed by atoms with E-state index in [1.807, 2.05) is 0 Å². The van der Waals surface area contributed by atoms with Gasteiger partial charge in [-0.1, -0.05) is 0 Å². The Morgan fingerprint density at radius 1 is 1.62 bits per heavy atom. The zero-order chi connectivity index (χ0) is 12.3. The Morgan fingerprint density at radius 3 is 2.69 bits per heavy atom. The molecule has 0 unspecified atom stereocenters. The second kappa shape index (κ2) is 4.59. The van der Waals surface area contributed by atoms with E-state index in [9.17, 15) is 20.0 Å². The molecule has 0 bridgehead atoms. The lowest BCUT2D eigenvalue weighted by atomic mass is 10.1.